The fourth-order valence-corrected chi connectivity index (χ4v) is 3.67. The van der Waals surface area contributed by atoms with E-state index in [9.17, 15) is 4.79 Å². The molecule has 0 bridgehead atoms. The van der Waals surface area contributed by atoms with E-state index in [-0.39, 0.29) is 0 Å². The number of hydrogen-bond donors (Lipinski definition) is 2. The molecule has 1 aromatic rings. The van der Waals surface area contributed by atoms with Crippen LogP contribution in [0.15, 0.2) is 6.07 Å². The Morgan fingerprint density at radius 1 is 1.42 bits per heavy atom. The maximum absolute atomic E-state index is 10.9. The Kier molecular flexibility index (Phi) is 4.63. The van der Waals surface area contributed by atoms with Gasteiger partial charge in [0, 0.05) is 17.5 Å². The zero-order chi connectivity index (χ0) is 14.0. The first-order valence-electron chi connectivity index (χ1n) is 7.03. The highest BCUT2D eigenvalue weighted by Crippen LogP contribution is 2.30. The molecule has 1 saturated carbocycles. The standard InChI is InChI=1S/C15H23NO2S/c1-9-4-5-13(6-10(9)2)16-8-12-7-14(15(17)18)19-11(12)3/h7,9-10,13,16H,4-6,8H2,1-3H3,(H,17,18). The molecule has 1 aliphatic carbocycles. The van der Waals surface area contributed by atoms with Gasteiger partial charge in [-0.2, -0.15) is 0 Å². The molecule has 0 aliphatic heterocycles. The zero-order valence-corrected chi connectivity index (χ0v) is 12.7. The summed E-state index contributed by atoms with van der Waals surface area (Å²) in [5.41, 5.74) is 1.13. The van der Waals surface area contributed by atoms with Crippen LogP contribution in [0.1, 0.15) is 53.2 Å². The van der Waals surface area contributed by atoms with Crippen molar-refractivity contribution in [1.29, 1.82) is 0 Å². The third-order valence-electron chi connectivity index (χ3n) is 4.41. The lowest BCUT2D eigenvalue weighted by molar-refractivity contribution is 0.0702. The number of aromatic carboxylic acids is 1. The third-order valence-corrected chi connectivity index (χ3v) is 5.49. The van der Waals surface area contributed by atoms with Gasteiger partial charge in [0.05, 0.1) is 0 Å². The van der Waals surface area contributed by atoms with Crippen LogP contribution in [0.3, 0.4) is 0 Å². The Labute approximate surface area is 119 Å². The lowest BCUT2D eigenvalue weighted by Gasteiger charge is -2.32. The Bertz CT molecular complexity index is 455. The van der Waals surface area contributed by atoms with E-state index >= 15 is 0 Å². The van der Waals surface area contributed by atoms with Crippen LogP contribution in [-0.2, 0) is 6.54 Å². The van der Waals surface area contributed by atoms with E-state index in [1.54, 1.807) is 0 Å². The SMILES string of the molecule is Cc1sc(C(=O)O)cc1CNC1CCC(C)C(C)C1. The average molecular weight is 281 g/mol. The summed E-state index contributed by atoms with van der Waals surface area (Å²) >= 11 is 1.37. The van der Waals surface area contributed by atoms with Gasteiger partial charge < -0.3 is 10.4 Å². The largest absolute Gasteiger partial charge is 0.477 e. The fraction of sp³-hybridized carbons (Fsp3) is 0.667. The highest BCUT2D eigenvalue weighted by atomic mass is 32.1. The summed E-state index contributed by atoms with van der Waals surface area (Å²) in [7, 11) is 0. The predicted octanol–water partition coefficient (Wildman–Crippen LogP) is 3.67. The molecule has 1 aromatic heterocycles. The number of nitrogens with one attached hydrogen (secondary N) is 1. The van der Waals surface area contributed by atoms with Crippen LogP contribution in [0.2, 0.25) is 0 Å². The van der Waals surface area contributed by atoms with Crippen molar-refractivity contribution in [1.82, 2.24) is 5.32 Å². The van der Waals surface area contributed by atoms with E-state index in [1.165, 1.54) is 30.6 Å². The molecule has 1 fully saturated rings. The lowest BCUT2D eigenvalue weighted by atomic mass is 9.79. The first-order chi connectivity index (χ1) is 8.97. The molecule has 106 valence electrons. The van der Waals surface area contributed by atoms with Gasteiger partial charge in [0.25, 0.3) is 0 Å². The second kappa shape index (κ2) is 6.06. The lowest BCUT2D eigenvalue weighted by Crippen LogP contribution is -2.35. The maximum atomic E-state index is 10.9. The van der Waals surface area contributed by atoms with Crippen molar-refractivity contribution in [2.75, 3.05) is 0 Å². The van der Waals surface area contributed by atoms with Gasteiger partial charge in [-0.15, -0.1) is 11.3 Å². The number of carboxylic acids is 1. The van der Waals surface area contributed by atoms with Crippen LogP contribution in [0, 0.1) is 18.8 Å². The van der Waals surface area contributed by atoms with Crippen LogP contribution < -0.4 is 5.32 Å². The first-order valence-corrected chi connectivity index (χ1v) is 7.85. The van der Waals surface area contributed by atoms with Crippen molar-refractivity contribution in [3.63, 3.8) is 0 Å². The molecule has 3 atom stereocenters. The van der Waals surface area contributed by atoms with E-state index in [0.29, 0.717) is 10.9 Å². The molecule has 0 saturated heterocycles. The molecule has 0 spiro atoms. The number of carbonyl (C=O) groups is 1. The van der Waals surface area contributed by atoms with Gasteiger partial charge in [-0.05, 0) is 49.7 Å². The molecule has 1 heterocycles. The van der Waals surface area contributed by atoms with Crippen molar-refractivity contribution < 1.29 is 9.90 Å². The van der Waals surface area contributed by atoms with Crippen LogP contribution in [-0.4, -0.2) is 17.1 Å². The molecule has 1 aliphatic rings. The highest BCUT2D eigenvalue weighted by Gasteiger charge is 2.24. The summed E-state index contributed by atoms with van der Waals surface area (Å²) < 4.78 is 0. The predicted molar refractivity (Wildman–Crippen MR) is 78.8 cm³/mol. The molecule has 2 rings (SSSR count). The molecular weight excluding hydrogens is 258 g/mol. The van der Waals surface area contributed by atoms with Crippen molar-refractivity contribution in [3.05, 3.63) is 21.4 Å². The van der Waals surface area contributed by atoms with Crippen LogP contribution in [0.5, 0.6) is 0 Å². The zero-order valence-electron chi connectivity index (χ0n) is 11.9. The van der Waals surface area contributed by atoms with Gasteiger partial charge in [0.15, 0.2) is 0 Å². The fourth-order valence-electron chi connectivity index (χ4n) is 2.79. The molecule has 3 nitrogen and oxygen atoms in total. The summed E-state index contributed by atoms with van der Waals surface area (Å²) in [6.45, 7) is 7.46. The second-order valence-corrected chi connectivity index (χ2v) is 7.10. The normalized spacial score (nSPS) is 27.4. The minimum Gasteiger partial charge on any atom is -0.477 e. The number of rotatable bonds is 4. The molecule has 0 amide bonds. The first kappa shape index (κ1) is 14.5. The van der Waals surface area contributed by atoms with Gasteiger partial charge in [-0.1, -0.05) is 13.8 Å². The maximum Gasteiger partial charge on any atom is 0.345 e. The Morgan fingerprint density at radius 3 is 2.74 bits per heavy atom. The van der Waals surface area contributed by atoms with E-state index < -0.39 is 5.97 Å². The number of aryl methyl sites for hydroxylation is 1. The van der Waals surface area contributed by atoms with Gasteiger partial charge in [0.1, 0.15) is 4.88 Å². The summed E-state index contributed by atoms with van der Waals surface area (Å²) in [5, 5.41) is 12.6. The Hall–Kier alpha value is -0.870. The molecule has 0 aromatic carbocycles. The Morgan fingerprint density at radius 2 is 2.16 bits per heavy atom. The summed E-state index contributed by atoms with van der Waals surface area (Å²) in [5.74, 6) is 0.795. The topological polar surface area (TPSA) is 49.3 Å². The minimum atomic E-state index is -0.820. The molecule has 3 unspecified atom stereocenters. The molecule has 2 N–H and O–H groups in total. The minimum absolute atomic E-state index is 0.444. The van der Waals surface area contributed by atoms with E-state index in [1.807, 2.05) is 13.0 Å². The quantitative estimate of drug-likeness (QED) is 0.885. The van der Waals surface area contributed by atoms with Crippen LogP contribution in [0.25, 0.3) is 0 Å². The number of thiophene rings is 1. The number of carboxylic acid groups (broad SMARTS) is 1. The van der Waals surface area contributed by atoms with Gasteiger partial charge in [-0.25, -0.2) is 4.79 Å². The van der Waals surface area contributed by atoms with E-state index in [2.05, 4.69) is 19.2 Å². The van der Waals surface area contributed by atoms with Crippen LogP contribution in [0.4, 0.5) is 0 Å². The van der Waals surface area contributed by atoms with Gasteiger partial charge in [-0.3, -0.25) is 0 Å². The number of hydrogen-bond acceptors (Lipinski definition) is 3. The summed E-state index contributed by atoms with van der Waals surface area (Å²) in [4.78, 5) is 12.5. The monoisotopic (exact) mass is 281 g/mol. The van der Waals surface area contributed by atoms with Crippen molar-refractivity contribution >= 4 is 17.3 Å². The third kappa shape index (κ3) is 3.57. The second-order valence-electron chi connectivity index (χ2n) is 5.84. The smallest absolute Gasteiger partial charge is 0.345 e. The molecule has 4 heteroatoms. The van der Waals surface area contributed by atoms with Crippen molar-refractivity contribution in [3.8, 4) is 0 Å². The van der Waals surface area contributed by atoms with Gasteiger partial charge in [0.2, 0.25) is 0 Å². The molecule has 0 radical (unpaired) electrons. The highest BCUT2D eigenvalue weighted by molar-refractivity contribution is 7.14. The van der Waals surface area contributed by atoms with Crippen molar-refractivity contribution in [2.24, 2.45) is 11.8 Å². The van der Waals surface area contributed by atoms with Gasteiger partial charge >= 0.3 is 5.97 Å². The summed E-state index contributed by atoms with van der Waals surface area (Å²) in [6, 6.07) is 2.39. The Balaban J connectivity index is 1.90. The van der Waals surface area contributed by atoms with Crippen molar-refractivity contribution in [2.45, 2.75) is 52.6 Å². The summed E-state index contributed by atoms with van der Waals surface area (Å²) in [6.07, 6.45) is 3.76. The van der Waals surface area contributed by atoms with E-state index in [4.69, 9.17) is 5.11 Å². The molecular formula is C15H23NO2S. The van der Waals surface area contributed by atoms with E-state index in [0.717, 1.165) is 28.8 Å². The van der Waals surface area contributed by atoms with Crippen LogP contribution >= 0.6 is 11.3 Å². The average Bonchev–Trinajstić information content (AvgIpc) is 2.73. The molecule has 19 heavy (non-hydrogen) atoms.